The lowest BCUT2D eigenvalue weighted by atomic mass is 9.99. The number of nitrogens with zero attached hydrogens (tertiary/aromatic N) is 3. The molecule has 2 rings (SSSR count). The van der Waals surface area contributed by atoms with Crippen molar-refractivity contribution in [2.75, 3.05) is 0 Å². The van der Waals surface area contributed by atoms with Crippen molar-refractivity contribution in [1.29, 1.82) is 0 Å². The van der Waals surface area contributed by atoms with Crippen LogP contribution in [0.4, 0.5) is 4.79 Å². The Bertz CT molecular complexity index is 585. The van der Waals surface area contributed by atoms with Gasteiger partial charge in [-0.2, -0.15) is 0 Å². The molecule has 0 bridgehead atoms. The van der Waals surface area contributed by atoms with Crippen LogP contribution in [0.3, 0.4) is 0 Å². The highest BCUT2D eigenvalue weighted by atomic mass is 35.5. The van der Waals surface area contributed by atoms with Crippen LogP contribution in [0.2, 0.25) is 5.15 Å². The fraction of sp³-hybridized carbons (Fsp3) is 0.538. The van der Waals surface area contributed by atoms with E-state index in [1.54, 1.807) is 20.8 Å². The van der Waals surface area contributed by atoms with E-state index in [9.17, 15) is 14.7 Å². The van der Waals surface area contributed by atoms with Crippen LogP contribution < -0.4 is 0 Å². The number of carbonyl (C=O) groups is 2. The number of carboxylic acids is 1. The number of carboxylic acid groups (broad SMARTS) is 1. The second-order valence-electron chi connectivity index (χ2n) is 5.76. The maximum atomic E-state index is 12.2. The molecule has 0 aromatic carbocycles. The molecule has 0 fully saturated rings. The van der Waals surface area contributed by atoms with Crippen molar-refractivity contribution < 1.29 is 19.4 Å². The molecule has 0 spiro atoms. The van der Waals surface area contributed by atoms with Gasteiger partial charge in [0.05, 0.1) is 12.2 Å². The molecule has 1 aliphatic heterocycles. The molecular weight excluding hydrogens is 298 g/mol. The molecule has 0 radical (unpaired) electrons. The van der Waals surface area contributed by atoms with E-state index in [1.807, 2.05) is 0 Å². The monoisotopic (exact) mass is 313 g/mol. The number of rotatable bonds is 1. The zero-order chi connectivity index (χ0) is 15.8. The van der Waals surface area contributed by atoms with E-state index in [2.05, 4.69) is 9.97 Å². The van der Waals surface area contributed by atoms with E-state index in [0.717, 1.165) is 4.90 Å². The summed E-state index contributed by atoms with van der Waals surface area (Å²) in [6.45, 7) is 5.19. The van der Waals surface area contributed by atoms with Crippen LogP contribution >= 0.6 is 11.6 Å². The van der Waals surface area contributed by atoms with E-state index in [-0.39, 0.29) is 18.1 Å². The molecule has 0 saturated carbocycles. The lowest BCUT2D eigenvalue weighted by molar-refractivity contribution is -0.143. The quantitative estimate of drug-likeness (QED) is 0.796. The van der Waals surface area contributed by atoms with Crippen molar-refractivity contribution >= 4 is 23.7 Å². The van der Waals surface area contributed by atoms with Gasteiger partial charge in [0.15, 0.2) is 0 Å². The highest BCUT2D eigenvalue weighted by Gasteiger charge is 2.38. The smallest absolute Gasteiger partial charge is 0.411 e. The third kappa shape index (κ3) is 3.41. The molecule has 1 N–H and O–H groups in total. The van der Waals surface area contributed by atoms with Gasteiger partial charge in [-0.1, -0.05) is 11.6 Å². The maximum Gasteiger partial charge on any atom is 0.411 e. The fourth-order valence-electron chi connectivity index (χ4n) is 2.07. The minimum atomic E-state index is -1.12. The SMILES string of the molecule is CC(C)(C)OC(=O)N1Cc2ncnc(Cl)c2CC1C(=O)O. The van der Waals surface area contributed by atoms with E-state index in [4.69, 9.17) is 16.3 Å². The van der Waals surface area contributed by atoms with Crippen LogP contribution in [0, 0.1) is 0 Å². The Morgan fingerprint density at radius 1 is 1.43 bits per heavy atom. The normalized spacial score (nSPS) is 18.1. The zero-order valence-corrected chi connectivity index (χ0v) is 12.7. The first kappa shape index (κ1) is 15.5. The van der Waals surface area contributed by atoms with Gasteiger partial charge in [0.1, 0.15) is 23.1 Å². The molecule has 0 aliphatic carbocycles. The predicted molar refractivity (Wildman–Crippen MR) is 73.9 cm³/mol. The Hall–Kier alpha value is -1.89. The molecule has 1 unspecified atom stereocenters. The first-order chi connectivity index (χ1) is 9.69. The summed E-state index contributed by atoms with van der Waals surface area (Å²) in [7, 11) is 0. The molecule has 114 valence electrons. The Morgan fingerprint density at radius 3 is 2.67 bits per heavy atom. The number of fused-ring (bicyclic) bond motifs is 1. The lowest BCUT2D eigenvalue weighted by Gasteiger charge is -2.34. The first-order valence-corrected chi connectivity index (χ1v) is 6.77. The summed E-state index contributed by atoms with van der Waals surface area (Å²) in [4.78, 5) is 32.7. The van der Waals surface area contributed by atoms with Gasteiger partial charge in [-0.05, 0) is 20.8 Å². The van der Waals surface area contributed by atoms with Gasteiger partial charge in [-0.25, -0.2) is 19.6 Å². The molecule has 1 aromatic heterocycles. The number of carbonyl (C=O) groups excluding carboxylic acids is 1. The molecule has 21 heavy (non-hydrogen) atoms. The van der Waals surface area contributed by atoms with Crippen molar-refractivity contribution in [3.63, 3.8) is 0 Å². The first-order valence-electron chi connectivity index (χ1n) is 6.39. The number of amides is 1. The summed E-state index contributed by atoms with van der Waals surface area (Å²) in [5, 5.41) is 9.56. The van der Waals surface area contributed by atoms with Gasteiger partial charge >= 0.3 is 12.1 Å². The average Bonchev–Trinajstić information content (AvgIpc) is 2.35. The van der Waals surface area contributed by atoms with Crippen molar-refractivity contribution in [1.82, 2.24) is 14.9 Å². The molecule has 1 atom stereocenters. The van der Waals surface area contributed by atoms with Crippen LogP contribution in [-0.2, 0) is 22.5 Å². The number of halogens is 1. The standard InChI is InChI=1S/C13H16ClN3O4/c1-13(2,3)21-12(20)17-5-8-7(4-9(17)11(18)19)10(14)16-6-15-8/h6,9H,4-5H2,1-3H3,(H,18,19). The molecule has 2 heterocycles. The topological polar surface area (TPSA) is 92.6 Å². The Labute approximate surface area is 126 Å². The van der Waals surface area contributed by atoms with Crippen LogP contribution in [0.5, 0.6) is 0 Å². The molecule has 1 amide bonds. The minimum absolute atomic E-state index is 0.0312. The Morgan fingerprint density at radius 2 is 2.10 bits per heavy atom. The van der Waals surface area contributed by atoms with E-state index in [1.165, 1.54) is 6.33 Å². The minimum Gasteiger partial charge on any atom is -0.480 e. The zero-order valence-electron chi connectivity index (χ0n) is 12.0. The van der Waals surface area contributed by atoms with Gasteiger partial charge in [0.25, 0.3) is 0 Å². The average molecular weight is 314 g/mol. The third-order valence-corrected chi connectivity index (χ3v) is 3.31. The largest absolute Gasteiger partial charge is 0.480 e. The number of aromatic nitrogens is 2. The van der Waals surface area contributed by atoms with Gasteiger partial charge < -0.3 is 9.84 Å². The predicted octanol–water partition coefficient (Wildman–Crippen LogP) is 1.88. The number of hydrogen-bond acceptors (Lipinski definition) is 5. The van der Waals surface area contributed by atoms with Gasteiger partial charge in [0.2, 0.25) is 0 Å². The van der Waals surface area contributed by atoms with E-state index < -0.39 is 23.7 Å². The molecule has 8 heteroatoms. The van der Waals surface area contributed by atoms with Crippen LogP contribution in [0.25, 0.3) is 0 Å². The van der Waals surface area contributed by atoms with Crippen molar-refractivity contribution in [2.24, 2.45) is 0 Å². The summed E-state index contributed by atoms with van der Waals surface area (Å²) in [6.07, 6.45) is 0.661. The molecular formula is C13H16ClN3O4. The van der Waals surface area contributed by atoms with Crippen molar-refractivity contribution in [3.8, 4) is 0 Å². The third-order valence-electron chi connectivity index (χ3n) is 2.99. The summed E-state index contributed by atoms with van der Waals surface area (Å²) in [5.41, 5.74) is 0.397. The van der Waals surface area contributed by atoms with Crippen LogP contribution in [0.1, 0.15) is 32.0 Å². The molecule has 0 saturated heterocycles. The summed E-state index contributed by atoms with van der Waals surface area (Å²) >= 11 is 5.97. The summed E-state index contributed by atoms with van der Waals surface area (Å²) < 4.78 is 5.25. The maximum absolute atomic E-state index is 12.2. The van der Waals surface area contributed by atoms with Crippen LogP contribution in [0.15, 0.2) is 6.33 Å². The van der Waals surface area contributed by atoms with E-state index >= 15 is 0 Å². The second-order valence-corrected chi connectivity index (χ2v) is 6.11. The van der Waals surface area contributed by atoms with Gasteiger partial charge in [-0.3, -0.25) is 4.90 Å². The number of ether oxygens (including phenoxy) is 1. The summed E-state index contributed by atoms with van der Waals surface area (Å²) in [6, 6.07) is -1.05. The van der Waals surface area contributed by atoms with Gasteiger partial charge in [0, 0.05) is 12.0 Å². The number of hydrogen-bond donors (Lipinski definition) is 1. The Kier molecular flexibility index (Phi) is 4.04. The number of aliphatic carboxylic acids is 1. The molecule has 7 nitrogen and oxygen atoms in total. The second kappa shape index (κ2) is 5.48. The highest BCUT2D eigenvalue weighted by Crippen LogP contribution is 2.27. The molecule has 1 aromatic rings. The van der Waals surface area contributed by atoms with Crippen LogP contribution in [-0.4, -0.2) is 43.7 Å². The highest BCUT2D eigenvalue weighted by molar-refractivity contribution is 6.30. The van der Waals surface area contributed by atoms with Gasteiger partial charge in [-0.15, -0.1) is 0 Å². The van der Waals surface area contributed by atoms with Crippen molar-refractivity contribution in [2.45, 2.75) is 45.4 Å². The Balaban J connectivity index is 2.32. The lowest BCUT2D eigenvalue weighted by Crippen LogP contribution is -2.50. The molecule has 1 aliphatic rings. The fourth-order valence-corrected chi connectivity index (χ4v) is 2.30. The van der Waals surface area contributed by atoms with Crippen molar-refractivity contribution in [3.05, 3.63) is 22.7 Å². The summed E-state index contributed by atoms with van der Waals surface area (Å²) in [5.74, 6) is -1.12. The van der Waals surface area contributed by atoms with E-state index in [0.29, 0.717) is 11.3 Å².